The standard InChI is InChI=1S/C22H30N8O2/c1-14(2)11-18(21-27-20(29-32-21)19-23-13-24-28-19)26-22(31)25-16-5-4-6-17(12-16)30-9-7-15(3)8-10-30/h4-6,12-15,18H,7-11H2,1-3H3,(H,23,24,28)(H2,25,26,31)/t18-/m1/s1. The molecule has 2 aromatic heterocycles. The second kappa shape index (κ2) is 9.80. The number of piperidine rings is 1. The van der Waals surface area contributed by atoms with E-state index in [2.05, 4.69) is 67.7 Å². The first-order valence-corrected chi connectivity index (χ1v) is 11.1. The van der Waals surface area contributed by atoms with Crippen LogP contribution in [0.2, 0.25) is 0 Å². The molecule has 10 heteroatoms. The van der Waals surface area contributed by atoms with Gasteiger partial charge in [-0.1, -0.05) is 32.0 Å². The molecule has 0 saturated carbocycles. The van der Waals surface area contributed by atoms with Gasteiger partial charge in [0.25, 0.3) is 0 Å². The van der Waals surface area contributed by atoms with Gasteiger partial charge in [-0.2, -0.15) is 10.1 Å². The first-order valence-electron chi connectivity index (χ1n) is 11.1. The average molecular weight is 439 g/mol. The second-order valence-electron chi connectivity index (χ2n) is 8.79. The van der Waals surface area contributed by atoms with Crippen molar-refractivity contribution in [1.29, 1.82) is 0 Å². The van der Waals surface area contributed by atoms with Crippen molar-refractivity contribution in [2.45, 2.75) is 46.1 Å². The number of hydrogen-bond donors (Lipinski definition) is 3. The number of nitrogens with zero attached hydrogens (tertiary/aromatic N) is 5. The van der Waals surface area contributed by atoms with Crippen molar-refractivity contribution >= 4 is 17.4 Å². The molecule has 0 radical (unpaired) electrons. The van der Waals surface area contributed by atoms with Crippen LogP contribution in [0, 0.1) is 11.8 Å². The van der Waals surface area contributed by atoms with Crippen LogP contribution in [0.3, 0.4) is 0 Å². The third-order valence-corrected chi connectivity index (χ3v) is 5.63. The highest BCUT2D eigenvalue weighted by molar-refractivity contribution is 5.90. The number of aromatic amines is 1. The van der Waals surface area contributed by atoms with Crippen LogP contribution in [-0.4, -0.2) is 44.4 Å². The average Bonchev–Trinajstić information content (AvgIpc) is 3.46. The Kier molecular flexibility index (Phi) is 6.67. The number of H-pyrrole nitrogens is 1. The second-order valence-corrected chi connectivity index (χ2v) is 8.79. The topological polar surface area (TPSA) is 125 Å². The Morgan fingerprint density at radius 2 is 2.12 bits per heavy atom. The molecule has 0 unspecified atom stereocenters. The molecule has 0 spiro atoms. The van der Waals surface area contributed by atoms with E-state index in [9.17, 15) is 4.79 Å². The van der Waals surface area contributed by atoms with Crippen molar-refractivity contribution in [2.75, 3.05) is 23.3 Å². The van der Waals surface area contributed by atoms with Crippen LogP contribution < -0.4 is 15.5 Å². The molecule has 10 nitrogen and oxygen atoms in total. The van der Waals surface area contributed by atoms with E-state index in [1.165, 1.54) is 19.2 Å². The van der Waals surface area contributed by atoms with Gasteiger partial charge in [0.15, 0.2) is 5.82 Å². The number of urea groups is 1. The molecule has 3 N–H and O–H groups in total. The van der Waals surface area contributed by atoms with E-state index in [-0.39, 0.29) is 6.03 Å². The van der Waals surface area contributed by atoms with E-state index in [0.717, 1.165) is 30.4 Å². The molecular weight excluding hydrogens is 408 g/mol. The lowest BCUT2D eigenvalue weighted by Crippen LogP contribution is -2.34. The summed E-state index contributed by atoms with van der Waals surface area (Å²) in [5, 5.41) is 16.4. The molecule has 1 aliphatic heterocycles. The van der Waals surface area contributed by atoms with Gasteiger partial charge in [0, 0.05) is 24.5 Å². The Bertz CT molecular complexity index is 1010. The summed E-state index contributed by atoms with van der Waals surface area (Å²) >= 11 is 0. The molecule has 0 aliphatic carbocycles. The molecule has 3 aromatic rings. The van der Waals surface area contributed by atoms with Crippen LogP contribution in [-0.2, 0) is 0 Å². The molecule has 1 fully saturated rings. The molecule has 1 atom stereocenters. The first kappa shape index (κ1) is 21.8. The Labute approximate surface area is 187 Å². The number of anilines is 2. The van der Waals surface area contributed by atoms with Crippen LogP contribution in [0.15, 0.2) is 35.1 Å². The number of rotatable bonds is 7. The minimum atomic E-state index is -0.425. The van der Waals surface area contributed by atoms with Crippen molar-refractivity contribution < 1.29 is 9.32 Å². The highest BCUT2D eigenvalue weighted by atomic mass is 16.5. The smallest absolute Gasteiger partial charge is 0.319 e. The third-order valence-electron chi connectivity index (χ3n) is 5.63. The molecule has 32 heavy (non-hydrogen) atoms. The molecule has 1 aliphatic rings. The van der Waals surface area contributed by atoms with Gasteiger partial charge in [-0.15, -0.1) is 0 Å². The number of amides is 2. The van der Waals surface area contributed by atoms with Gasteiger partial charge < -0.3 is 20.1 Å². The third kappa shape index (κ3) is 5.43. The van der Waals surface area contributed by atoms with E-state index < -0.39 is 6.04 Å². The summed E-state index contributed by atoms with van der Waals surface area (Å²) in [7, 11) is 0. The largest absolute Gasteiger partial charge is 0.371 e. The summed E-state index contributed by atoms with van der Waals surface area (Å²) in [5.41, 5.74) is 1.87. The molecule has 3 heterocycles. The van der Waals surface area contributed by atoms with Crippen molar-refractivity contribution in [2.24, 2.45) is 11.8 Å². The summed E-state index contributed by atoms with van der Waals surface area (Å²) in [4.78, 5) is 23.6. The molecule has 170 valence electrons. The summed E-state index contributed by atoms with van der Waals surface area (Å²) in [5.74, 6) is 2.13. The van der Waals surface area contributed by atoms with E-state index in [4.69, 9.17) is 4.52 Å². The summed E-state index contributed by atoms with van der Waals surface area (Å²) < 4.78 is 5.41. The van der Waals surface area contributed by atoms with Gasteiger partial charge in [0.1, 0.15) is 12.4 Å². The first-order chi connectivity index (χ1) is 15.5. The highest BCUT2D eigenvalue weighted by Gasteiger charge is 2.24. The number of nitrogens with one attached hydrogen (secondary N) is 3. The van der Waals surface area contributed by atoms with Crippen molar-refractivity contribution in [3.8, 4) is 11.6 Å². The molecule has 1 saturated heterocycles. The Morgan fingerprint density at radius 3 is 2.84 bits per heavy atom. The molecule has 4 rings (SSSR count). The fraction of sp³-hybridized carbons (Fsp3) is 0.500. The maximum atomic E-state index is 12.8. The zero-order valence-corrected chi connectivity index (χ0v) is 18.7. The predicted octanol–water partition coefficient (Wildman–Crippen LogP) is 4.00. The molecular formula is C22H30N8O2. The molecule has 1 aromatic carbocycles. The predicted molar refractivity (Wildman–Crippen MR) is 121 cm³/mol. The summed E-state index contributed by atoms with van der Waals surface area (Å²) in [6.07, 6.45) is 4.41. The number of benzene rings is 1. The monoisotopic (exact) mass is 438 g/mol. The number of carbonyl (C=O) groups is 1. The maximum absolute atomic E-state index is 12.8. The lowest BCUT2D eigenvalue weighted by molar-refractivity contribution is 0.240. The SMILES string of the molecule is CC(C)C[C@@H](NC(=O)Nc1cccc(N2CCC(C)CC2)c1)c1nc(-c2ncn[nH]2)no1. The zero-order valence-electron chi connectivity index (χ0n) is 18.7. The molecule has 0 bridgehead atoms. The van der Waals surface area contributed by atoms with Crippen molar-refractivity contribution in [1.82, 2.24) is 30.6 Å². The minimum Gasteiger partial charge on any atom is -0.371 e. The van der Waals surface area contributed by atoms with E-state index in [0.29, 0.717) is 29.9 Å². The van der Waals surface area contributed by atoms with Gasteiger partial charge in [0.05, 0.1) is 0 Å². The van der Waals surface area contributed by atoms with Crippen LogP contribution in [0.1, 0.15) is 52.0 Å². The highest BCUT2D eigenvalue weighted by Crippen LogP contribution is 2.26. The summed E-state index contributed by atoms with van der Waals surface area (Å²) in [6, 6.07) is 7.22. The maximum Gasteiger partial charge on any atom is 0.319 e. The normalized spacial score (nSPS) is 15.7. The summed E-state index contributed by atoms with van der Waals surface area (Å²) in [6.45, 7) is 8.52. The van der Waals surface area contributed by atoms with Gasteiger partial charge in [-0.25, -0.2) is 9.78 Å². The van der Waals surface area contributed by atoms with Crippen LogP contribution in [0.4, 0.5) is 16.2 Å². The van der Waals surface area contributed by atoms with Gasteiger partial charge in [-0.3, -0.25) is 5.10 Å². The zero-order chi connectivity index (χ0) is 22.5. The quantitative estimate of drug-likeness (QED) is 0.509. The van der Waals surface area contributed by atoms with Crippen molar-refractivity contribution in [3.63, 3.8) is 0 Å². The van der Waals surface area contributed by atoms with Gasteiger partial charge in [-0.05, 0) is 49.3 Å². The van der Waals surface area contributed by atoms with E-state index in [1.807, 2.05) is 18.2 Å². The fourth-order valence-electron chi connectivity index (χ4n) is 3.85. The van der Waals surface area contributed by atoms with E-state index >= 15 is 0 Å². The number of hydrogen-bond acceptors (Lipinski definition) is 7. The number of aromatic nitrogens is 5. The van der Waals surface area contributed by atoms with Crippen LogP contribution in [0.5, 0.6) is 0 Å². The van der Waals surface area contributed by atoms with Crippen LogP contribution >= 0.6 is 0 Å². The number of carbonyl (C=O) groups excluding carboxylic acids is 1. The van der Waals surface area contributed by atoms with Gasteiger partial charge >= 0.3 is 6.03 Å². The minimum absolute atomic E-state index is 0.303. The fourth-order valence-corrected chi connectivity index (χ4v) is 3.85. The molecule has 2 amide bonds. The van der Waals surface area contributed by atoms with E-state index in [1.54, 1.807) is 0 Å². The Morgan fingerprint density at radius 1 is 1.31 bits per heavy atom. The van der Waals surface area contributed by atoms with Gasteiger partial charge in [0.2, 0.25) is 11.7 Å². The lowest BCUT2D eigenvalue weighted by Gasteiger charge is -2.32. The van der Waals surface area contributed by atoms with Crippen LogP contribution in [0.25, 0.3) is 11.6 Å². The van der Waals surface area contributed by atoms with Crippen molar-refractivity contribution in [3.05, 3.63) is 36.5 Å². The Hall–Kier alpha value is -3.43. The Balaban J connectivity index is 1.42. The lowest BCUT2D eigenvalue weighted by atomic mass is 9.99.